The van der Waals surface area contributed by atoms with Gasteiger partial charge < -0.3 is 9.84 Å². The van der Waals surface area contributed by atoms with Crippen LogP contribution >= 0.6 is 0 Å². The van der Waals surface area contributed by atoms with E-state index in [1.165, 1.54) is 5.56 Å². The minimum absolute atomic E-state index is 0.475. The number of rotatable bonds is 3. The minimum Gasteiger partial charge on any atom is -0.496 e. The Balaban J connectivity index is 1.98. The lowest BCUT2D eigenvalue weighted by atomic mass is 9.93. The van der Waals surface area contributed by atoms with Gasteiger partial charge in [-0.25, -0.2) is 0 Å². The molecular formula is C14H21NO2. The predicted octanol–water partition coefficient (Wildman–Crippen LogP) is 2.04. The van der Waals surface area contributed by atoms with E-state index in [0.717, 1.165) is 38.2 Å². The van der Waals surface area contributed by atoms with Crippen LogP contribution in [0.4, 0.5) is 0 Å². The number of piperidine rings is 1. The van der Waals surface area contributed by atoms with Crippen LogP contribution in [0.2, 0.25) is 0 Å². The highest BCUT2D eigenvalue weighted by Gasteiger charge is 2.27. The highest BCUT2D eigenvalue weighted by Crippen LogP contribution is 2.25. The smallest absolute Gasteiger partial charge is 0.123 e. The van der Waals surface area contributed by atoms with Crippen LogP contribution in [0, 0.1) is 0 Å². The van der Waals surface area contributed by atoms with E-state index >= 15 is 0 Å². The highest BCUT2D eigenvalue weighted by atomic mass is 16.5. The maximum Gasteiger partial charge on any atom is 0.123 e. The van der Waals surface area contributed by atoms with Crippen LogP contribution in [0.5, 0.6) is 5.75 Å². The fourth-order valence-electron chi connectivity index (χ4n) is 2.27. The van der Waals surface area contributed by atoms with Gasteiger partial charge in [0, 0.05) is 25.2 Å². The van der Waals surface area contributed by atoms with Gasteiger partial charge in [-0.15, -0.1) is 0 Å². The molecule has 0 bridgehead atoms. The van der Waals surface area contributed by atoms with Gasteiger partial charge in [0.15, 0.2) is 0 Å². The van der Waals surface area contributed by atoms with Crippen LogP contribution in [-0.4, -0.2) is 35.8 Å². The summed E-state index contributed by atoms with van der Waals surface area (Å²) in [4.78, 5) is 2.37. The molecule has 1 aliphatic heterocycles. The SMILES string of the molecule is COc1ccccc1CN1CCC(C)(O)CC1. The molecule has 1 N–H and O–H groups in total. The quantitative estimate of drug-likeness (QED) is 0.870. The van der Waals surface area contributed by atoms with Gasteiger partial charge in [-0.3, -0.25) is 4.90 Å². The average molecular weight is 235 g/mol. The summed E-state index contributed by atoms with van der Waals surface area (Å²) < 4.78 is 5.35. The molecule has 0 spiro atoms. The molecule has 17 heavy (non-hydrogen) atoms. The van der Waals surface area contributed by atoms with Crippen molar-refractivity contribution in [2.75, 3.05) is 20.2 Å². The lowest BCUT2D eigenvalue weighted by Crippen LogP contribution is -2.41. The molecule has 1 fully saturated rings. The first-order valence-electron chi connectivity index (χ1n) is 6.17. The minimum atomic E-state index is -0.475. The Kier molecular flexibility index (Phi) is 3.69. The van der Waals surface area contributed by atoms with Gasteiger partial charge in [0.1, 0.15) is 5.75 Å². The topological polar surface area (TPSA) is 32.7 Å². The molecule has 1 aliphatic rings. The van der Waals surface area contributed by atoms with E-state index in [1.807, 2.05) is 25.1 Å². The molecule has 3 nitrogen and oxygen atoms in total. The second kappa shape index (κ2) is 5.07. The summed E-state index contributed by atoms with van der Waals surface area (Å²) in [6, 6.07) is 8.13. The number of likely N-dealkylation sites (tertiary alicyclic amines) is 1. The van der Waals surface area contributed by atoms with Gasteiger partial charge in [-0.05, 0) is 25.8 Å². The number of aliphatic hydroxyl groups is 1. The Hall–Kier alpha value is -1.06. The summed E-state index contributed by atoms with van der Waals surface area (Å²) in [6.07, 6.45) is 1.70. The lowest BCUT2D eigenvalue weighted by Gasteiger charge is -2.35. The Bertz CT molecular complexity index is 366. The molecule has 0 radical (unpaired) electrons. The zero-order valence-corrected chi connectivity index (χ0v) is 10.6. The van der Waals surface area contributed by atoms with Crippen molar-refractivity contribution in [2.45, 2.75) is 31.9 Å². The molecule has 0 aromatic heterocycles. The zero-order valence-electron chi connectivity index (χ0n) is 10.6. The molecule has 0 saturated carbocycles. The Morgan fingerprint density at radius 2 is 1.94 bits per heavy atom. The standard InChI is InChI=1S/C14H21NO2/c1-14(16)7-9-15(10-8-14)11-12-5-3-4-6-13(12)17-2/h3-6,16H,7-11H2,1-2H3. The largest absolute Gasteiger partial charge is 0.496 e. The first-order chi connectivity index (χ1) is 8.11. The Morgan fingerprint density at radius 3 is 2.59 bits per heavy atom. The number of hydrogen-bond acceptors (Lipinski definition) is 3. The first-order valence-corrected chi connectivity index (χ1v) is 6.17. The molecule has 1 aromatic rings. The highest BCUT2D eigenvalue weighted by molar-refractivity contribution is 5.33. The van der Waals surface area contributed by atoms with Crippen molar-refractivity contribution in [3.63, 3.8) is 0 Å². The molecule has 1 saturated heterocycles. The molecule has 2 rings (SSSR count). The van der Waals surface area contributed by atoms with Gasteiger partial charge in [0.2, 0.25) is 0 Å². The summed E-state index contributed by atoms with van der Waals surface area (Å²) in [5.41, 5.74) is 0.744. The number of benzene rings is 1. The third kappa shape index (κ3) is 3.20. The van der Waals surface area contributed by atoms with Crippen LogP contribution in [-0.2, 0) is 6.54 Å². The summed E-state index contributed by atoms with van der Waals surface area (Å²) in [5, 5.41) is 9.91. The van der Waals surface area contributed by atoms with Gasteiger partial charge in [0.05, 0.1) is 12.7 Å². The van der Waals surface area contributed by atoms with E-state index in [2.05, 4.69) is 11.0 Å². The number of methoxy groups -OCH3 is 1. The van der Waals surface area contributed by atoms with Crippen LogP contribution in [0.15, 0.2) is 24.3 Å². The summed E-state index contributed by atoms with van der Waals surface area (Å²) in [7, 11) is 1.71. The fraction of sp³-hybridized carbons (Fsp3) is 0.571. The second-order valence-electron chi connectivity index (χ2n) is 5.08. The van der Waals surface area contributed by atoms with Crippen LogP contribution in [0.1, 0.15) is 25.3 Å². The van der Waals surface area contributed by atoms with E-state index in [1.54, 1.807) is 7.11 Å². The summed E-state index contributed by atoms with van der Waals surface area (Å²) >= 11 is 0. The summed E-state index contributed by atoms with van der Waals surface area (Å²) in [5.74, 6) is 0.949. The molecule has 1 aromatic carbocycles. The number of ether oxygens (including phenoxy) is 1. The third-order valence-corrected chi connectivity index (χ3v) is 3.52. The Labute approximate surface area is 103 Å². The number of hydrogen-bond donors (Lipinski definition) is 1. The maximum atomic E-state index is 9.91. The van der Waals surface area contributed by atoms with Crippen molar-refractivity contribution in [3.8, 4) is 5.75 Å². The van der Waals surface area contributed by atoms with E-state index in [9.17, 15) is 5.11 Å². The Morgan fingerprint density at radius 1 is 1.29 bits per heavy atom. The van der Waals surface area contributed by atoms with Crippen molar-refractivity contribution < 1.29 is 9.84 Å². The molecule has 0 amide bonds. The molecule has 0 atom stereocenters. The number of para-hydroxylation sites is 1. The molecule has 0 unspecified atom stereocenters. The molecule has 94 valence electrons. The summed E-state index contributed by atoms with van der Waals surface area (Å²) in [6.45, 7) is 4.73. The fourth-order valence-corrected chi connectivity index (χ4v) is 2.27. The van der Waals surface area contributed by atoms with E-state index < -0.39 is 5.60 Å². The van der Waals surface area contributed by atoms with E-state index in [-0.39, 0.29) is 0 Å². The molecule has 0 aliphatic carbocycles. The van der Waals surface area contributed by atoms with Crippen LogP contribution in [0.25, 0.3) is 0 Å². The number of nitrogens with zero attached hydrogens (tertiary/aromatic N) is 1. The first kappa shape index (κ1) is 12.4. The second-order valence-corrected chi connectivity index (χ2v) is 5.08. The van der Waals surface area contributed by atoms with Crippen LogP contribution < -0.4 is 4.74 Å². The van der Waals surface area contributed by atoms with Gasteiger partial charge in [-0.2, -0.15) is 0 Å². The van der Waals surface area contributed by atoms with Crippen molar-refractivity contribution in [1.82, 2.24) is 4.90 Å². The normalized spacial score (nSPS) is 20.2. The van der Waals surface area contributed by atoms with Crippen molar-refractivity contribution >= 4 is 0 Å². The third-order valence-electron chi connectivity index (χ3n) is 3.52. The van der Waals surface area contributed by atoms with Gasteiger partial charge in [0.25, 0.3) is 0 Å². The molecule has 1 heterocycles. The monoisotopic (exact) mass is 235 g/mol. The van der Waals surface area contributed by atoms with E-state index in [4.69, 9.17) is 4.74 Å². The van der Waals surface area contributed by atoms with Crippen molar-refractivity contribution in [2.24, 2.45) is 0 Å². The van der Waals surface area contributed by atoms with Gasteiger partial charge in [-0.1, -0.05) is 18.2 Å². The molecule has 3 heteroatoms. The van der Waals surface area contributed by atoms with Crippen LogP contribution in [0.3, 0.4) is 0 Å². The van der Waals surface area contributed by atoms with Crippen molar-refractivity contribution in [3.05, 3.63) is 29.8 Å². The lowest BCUT2D eigenvalue weighted by molar-refractivity contribution is -0.00741. The predicted molar refractivity (Wildman–Crippen MR) is 68.1 cm³/mol. The zero-order chi connectivity index (χ0) is 12.3. The van der Waals surface area contributed by atoms with Crippen molar-refractivity contribution in [1.29, 1.82) is 0 Å². The molecular weight excluding hydrogens is 214 g/mol. The van der Waals surface area contributed by atoms with E-state index in [0.29, 0.717) is 0 Å². The van der Waals surface area contributed by atoms with Gasteiger partial charge >= 0.3 is 0 Å². The maximum absolute atomic E-state index is 9.91. The average Bonchev–Trinajstić information content (AvgIpc) is 2.32.